The van der Waals surface area contributed by atoms with Crippen LogP contribution in [0.5, 0.6) is 0 Å². The lowest BCUT2D eigenvalue weighted by molar-refractivity contribution is 0.214. The predicted molar refractivity (Wildman–Crippen MR) is 142 cm³/mol. The average molecular weight is 442 g/mol. The SMILES string of the molecule is CC1(CC2=Cc3c(-c4cc(C(C)(C)C)cc(C(C)(C)C)c4)cccc3C2[Si])CCCCC1. The molecule has 1 fully saturated rings. The molecule has 0 spiro atoms. The highest BCUT2D eigenvalue weighted by Gasteiger charge is 2.32. The number of benzene rings is 2. The maximum atomic E-state index is 4.15. The van der Waals surface area contributed by atoms with Crippen LogP contribution in [0.2, 0.25) is 0 Å². The van der Waals surface area contributed by atoms with E-state index in [0.717, 1.165) is 0 Å². The Bertz CT molecular complexity index is 987. The smallest absolute Gasteiger partial charge is 0.0392 e. The zero-order valence-corrected chi connectivity index (χ0v) is 22.4. The van der Waals surface area contributed by atoms with E-state index in [2.05, 4.69) is 101 Å². The largest absolute Gasteiger partial charge is 0.0651 e. The third-order valence-electron chi connectivity index (χ3n) is 7.82. The highest BCUT2D eigenvalue weighted by molar-refractivity contribution is 6.16. The fourth-order valence-corrected chi connectivity index (χ4v) is 6.03. The fourth-order valence-electron chi connectivity index (χ4n) is 5.59. The average Bonchev–Trinajstić information content (AvgIpc) is 3.02. The molecule has 0 amide bonds. The molecule has 0 heterocycles. The zero-order valence-electron chi connectivity index (χ0n) is 21.4. The van der Waals surface area contributed by atoms with Gasteiger partial charge in [0.1, 0.15) is 0 Å². The van der Waals surface area contributed by atoms with Crippen LogP contribution < -0.4 is 0 Å². The van der Waals surface area contributed by atoms with E-state index >= 15 is 0 Å². The highest BCUT2D eigenvalue weighted by Crippen LogP contribution is 2.48. The molecule has 0 saturated heterocycles. The van der Waals surface area contributed by atoms with Crippen LogP contribution in [0.25, 0.3) is 17.2 Å². The number of allylic oxidation sites excluding steroid dienone is 1. The van der Waals surface area contributed by atoms with Crippen LogP contribution in [0.3, 0.4) is 0 Å². The summed E-state index contributed by atoms with van der Waals surface area (Å²) in [5, 5.41) is 0. The van der Waals surface area contributed by atoms with Gasteiger partial charge in [-0.3, -0.25) is 0 Å². The first-order chi connectivity index (χ1) is 14.9. The van der Waals surface area contributed by atoms with E-state index in [1.807, 2.05) is 0 Å². The molecule has 32 heavy (non-hydrogen) atoms. The van der Waals surface area contributed by atoms with Gasteiger partial charge in [-0.15, -0.1) is 0 Å². The van der Waals surface area contributed by atoms with Crippen LogP contribution in [0, 0.1) is 5.41 Å². The van der Waals surface area contributed by atoms with Crippen LogP contribution in [-0.4, -0.2) is 10.2 Å². The van der Waals surface area contributed by atoms with Gasteiger partial charge in [0.05, 0.1) is 0 Å². The number of rotatable bonds is 3. The van der Waals surface area contributed by atoms with Crippen molar-refractivity contribution in [2.75, 3.05) is 0 Å². The molecule has 3 radical (unpaired) electrons. The normalized spacial score (nSPS) is 20.8. The molecule has 2 aromatic rings. The molecule has 0 nitrogen and oxygen atoms in total. The van der Waals surface area contributed by atoms with Crippen molar-refractivity contribution in [1.29, 1.82) is 0 Å². The molecule has 1 heteroatoms. The Kier molecular flexibility index (Phi) is 6.12. The van der Waals surface area contributed by atoms with Gasteiger partial charge in [0.25, 0.3) is 0 Å². The van der Waals surface area contributed by atoms with Gasteiger partial charge in [-0.2, -0.15) is 0 Å². The minimum absolute atomic E-state index is 0.127. The predicted octanol–water partition coefficient (Wildman–Crippen LogP) is 8.92. The monoisotopic (exact) mass is 441 g/mol. The fraction of sp³-hybridized carbons (Fsp3) is 0.548. The highest BCUT2D eigenvalue weighted by atomic mass is 28.1. The molecule has 4 rings (SSSR count). The molecule has 0 bridgehead atoms. The second kappa shape index (κ2) is 8.31. The summed E-state index contributed by atoms with van der Waals surface area (Å²) >= 11 is 0. The Hall–Kier alpha value is -1.60. The Morgan fingerprint density at radius 1 is 0.875 bits per heavy atom. The summed E-state index contributed by atoms with van der Waals surface area (Å²) in [4.78, 5) is 0. The van der Waals surface area contributed by atoms with Gasteiger partial charge in [0.2, 0.25) is 0 Å². The minimum Gasteiger partial charge on any atom is -0.0651 e. The van der Waals surface area contributed by atoms with Crippen molar-refractivity contribution in [2.45, 2.75) is 103 Å². The van der Waals surface area contributed by atoms with Gasteiger partial charge < -0.3 is 0 Å². The first-order valence-electron chi connectivity index (χ1n) is 12.6. The summed E-state index contributed by atoms with van der Waals surface area (Å²) in [6.45, 7) is 16.5. The van der Waals surface area contributed by atoms with Crippen molar-refractivity contribution in [2.24, 2.45) is 5.41 Å². The quantitative estimate of drug-likeness (QED) is 0.417. The molecular weight excluding hydrogens is 400 g/mol. The zero-order chi connectivity index (χ0) is 23.3. The van der Waals surface area contributed by atoms with Crippen molar-refractivity contribution < 1.29 is 0 Å². The van der Waals surface area contributed by atoms with E-state index in [4.69, 9.17) is 0 Å². The minimum atomic E-state index is 0.127. The van der Waals surface area contributed by atoms with Gasteiger partial charge in [-0.1, -0.05) is 116 Å². The molecule has 0 N–H and O–H groups in total. The molecule has 169 valence electrons. The van der Waals surface area contributed by atoms with Crippen molar-refractivity contribution in [3.63, 3.8) is 0 Å². The Morgan fingerprint density at radius 2 is 1.47 bits per heavy atom. The van der Waals surface area contributed by atoms with Crippen LogP contribution >= 0.6 is 0 Å². The van der Waals surface area contributed by atoms with Crippen molar-refractivity contribution in [3.8, 4) is 11.1 Å². The summed E-state index contributed by atoms with van der Waals surface area (Å²) < 4.78 is 0. The molecular formula is C31H41Si. The van der Waals surface area contributed by atoms with Crippen LogP contribution in [0.15, 0.2) is 42.0 Å². The first-order valence-corrected chi connectivity index (χ1v) is 13.2. The molecule has 2 aliphatic carbocycles. The Balaban J connectivity index is 1.79. The third-order valence-corrected chi connectivity index (χ3v) is 8.50. The summed E-state index contributed by atoms with van der Waals surface area (Å²) in [5.74, 6) is 0. The van der Waals surface area contributed by atoms with Crippen LogP contribution in [-0.2, 0) is 10.8 Å². The molecule has 0 aromatic heterocycles. The lowest BCUT2D eigenvalue weighted by atomic mass is 9.71. The van der Waals surface area contributed by atoms with Crippen LogP contribution in [0.4, 0.5) is 0 Å². The number of hydrogen-bond acceptors (Lipinski definition) is 0. The lowest BCUT2D eigenvalue weighted by Crippen LogP contribution is -2.21. The molecule has 0 aliphatic heterocycles. The molecule has 1 saturated carbocycles. The summed E-state index contributed by atoms with van der Waals surface area (Å²) in [6.07, 6.45) is 10.7. The van der Waals surface area contributed by atoms with Gasteiger partial charge in [-0.05, 0) is 74.4 Å². The van der Waals surface area contributed by atoms with Crippen molar-refractivity contribution >= 4 is 16.3 Å². The van der Waals surface area contributed by atoms with Gasteiger partial charge in [0, 0.05) is 10.2 Å². The Labute approximate surface area is 200 Å². The van der Waals surface area contributed by atoms with Crippen molar-refractivity contribution in [3.05, 3.63) is 64.2 Å². The van der Waals surface area contributed by atoms with E-state index in [1.165, 1.54) is 71.9 Å². The summed E-state index contributed by atoms with van der Waals surface area (Å²) in [7, 11) is 4.15. The van der Waals surface area contributed by atoms with E-state index < -0.39 is 0 Å². The molecule has 2 aliphatic rings. The topological polar surface area (TPSA) is 0 Å². The molecule has 1 atom stereocenters. The van der Waals surface area contributed by atoms with E-state index in [1.54, 1.807) is 5.57 Å². The van der Waals surface area contributed by atoms with E-state index in [0.29, 0.717) is 11.0 Å². The molecule has 2 aromatic carbocycles. The lowest BCUT2D eigenvalue weighted by Gasteiger charge is -2.35. The third kappa shape index (κ3) is 4.69. The van der Waals surface area contributed by atoms with Crippen molar-refractivity contribution in [1.82, 2.24) is 0 Å². The maximum Gasteiger partial charge on any atom is 0.0392 e. The first kappa shape index (κ1) is 23.6. The van der Waals surface area contributed by atoms with Gasteiger partial charge >= 0.3 is 0 Å². The van der Waals surface area contributed by atoms with Gasteiger partial charge in [0.15, 0.2) is 0 Å². The molecule has 1 unspecified atom stereocenters. The number of fused-ring (bicyclic) bond motifs is 1. The number of hydrogen-bond donors (Lipinski definition) is 0. The summed E-state index contributed by atoms with van der Waals surface area (Å²) in [5.41, 5.74) is 11.1. The standard InChI is InChI=1S/C31H41Si/c1-29(2,3)23-16-21(17-24(19-23)30(4,5)6)25-12-11-13-26-27(25)18-22(28(26)32)20-31(7)14-9-8-10-15-31/h11-13,16-19,28H,8-10,14-15,20H2,1-7H3. The van der Waals surface area contributed by atoms with Crippen LogP contribution in [0.1, 0.15) is 115 Å². The van der Waals surface area contributed by atoms with E-state index in [-0.39, 0.29) is 10.8 Å². The maximum absolute atomic E-state index is 4.15. The van der Waals surface area contributed by atoms with Gasteiger partial charge in [-0.25, -0.2) is 0 Å². The second-order valence-electron chi connectivity index (χ2n) is 12.8. The van der Waals surface area contributed by atoms with E-state index in [9.17, 15) is 0 Å². The summed E-state index contributed by atoms with van der Waals surface area (Å²) in [6, 6.07) is 14.2. The second-order valence-corrected chi connectivity index (χ2v) is 13.4. The Morgan fingerprint density at radius 3 is 2.03 bits per heavy atom.